The van der Waals surface area contributed by atoms with E-state index in [0.29, 0.717) is 18.6 Å². The highest BCUT2D eigenvalue weighted by atomic mass is 19.1. The molecule has 0 bridgehead atoms. The van der Waals surface area contributed by atoms with Crippen LogP contribution in [0.1, 0.15) is 48.9 Å². The van der Waals surface area contributed by atoms with Crippen LogP contribution in [0.2, 0.25) is 0 Å². The summed E-state index contributed by atoms with van der Waals surface area (Å²) in [5.74, 6) is 0.960. The van der Waals surface area contributed by atoms with E-state index < -0.39 is 0 Å². The molecule has 0 aliphatic carbocycles. The molecule has 4 aromatic rings. The van der Waals surface area contributed by atoms with Gasteiger partial charge in [0.15, 0.2) is 0 Å². The van der Waals surface area contributed by atoms with Crippen LogP contribution in [0.3, 0.4) is 0 Å². The first-order valence-corrected chi connectivity index (χ1v) is 11.0. The van der Waals surface area contributed by atoms with Crippen LogP contribution >= 0.6 is 0 Å². The van der Waals surface area contributed by atoms with E-state index in [4.69, 9.17) is 4.74 Å². The van der Waals surface area contributed by atoms with Crippen molar-refractivity contribution < 1.29 is 14.2 Å². The number of aromatic hydroxyl groups is 1. The predicted octanol–water partition coefficient (Wildman–Crippen LogP) is 7.45. The second kappa shape index (κ2) is 8.58. The van der Waals surface area contributed by atoms with Crippen LogP contribution in [0.15, 0.2) is 54.6 Å². The Bertz CT molecular complexity index is 1260. The SMILES string of the molecule is CCc1cccc2cc(OCCc3c(F)ccc4cc(O)cc(C(C)C)c34)cc(C)c12. The number of halogens is 1. The molecule has 0 aliphatic heterocycles. The summed E-state index contributed by atoms with van der Waals surface area (Å²) in [4.78, 5) is 0. The minimum absolute atomic E-state index is 0.173. The average Bonchev–Trinajstić information content (AvgIpc) is 2.74. The van der Waals surface area contributed by atoms with Gasteiger partial charge in [-0.25, -0.2) is 4.39 Å². The van der Waals surface area contributed by atoms with Gasteiger partial charge in [-0.05, 0) is 93.4 Å². The number of hydrogen-bond donors (Lipinski definition) is 1. The van der Waals surface area contributed by atoms with Gasteiger partial charge in [0, 0.05) is 6.42 Å². The molecule has 31 heavy (non-hydrogen) atoms. The lowest BCUT2D eigenvalue weighted by atomic mass is 9.91. The smallest absolute Gasteiger partial charge is 0.127 e. The lowest BCUT2D eigenvalue weighted by molar-refractivity contribution is 0.320. The third-order valence-electron chi connectivity index (χ3n) is 6.04. The van der Waals surface area contributed by atoms with E-state index in [1.807, 2.05) is 0 Å². The Labute approximate surface area is 183 Å². The van der Waals surface area contributed by atoms with Crippen molar-refractivity contribution in [1.29, 1.82) is 0 Å². The molecule has 0 saturated carbocycles. The monoisotopic (exact) mass is 416 g/mol. The largest absolute Gasteiger partial charge is 0.508 e. The maximum Gasteiger partial charge on any atom is 0.127 e. The molecule has 0 fully saturated rings. The second-order valence-corrected chi connectivity index (χ2v) is 8.52. The Morgan fingerprint density at radius 1 is 0.968 bits per heavy atom. The summed E-state index contributed by atoms with van der Waals surface area (Å²) < 4.78 is 20.9. The number of fused-ring (bicyclic) bond motifs is 2. The molecule has 0 aliphatic rings. The molecule has 2 nitrogen and oxygen atoms in total. The highest BCUT2D eigenvalue weighted by molar-refractivity contribution is 5.91. The molecule has 0 unspecified atom stereocenters. The lowest BCUT2D eigenvalue weighted by Gasteiger charge is -2.17. The first-order valence-electron chi connectivity index (χ1n) is 11.0. The third kappa shape index (κ3) is 4.10. The maximum absolute atomic E-state index is 14.8. The van der Waals surface area contributed by atoms with Crippen LogP contribution in [0.4, 0.5) is 4.39 Å². The van der Waals surface area contributed by atoms with E-state index in [0.717, 1.165) is 28.5 Å². The maximum atomic E-state index is 14.8. The Kier molecular flexibility index (Phi) is 5.86. The average molecular weight is 417 g/mol. The lowest BCUT2D eigenvalue weighted by Crippen LogP contribution is -2.06. The van der Waals surface area contributed by atoms with Gasteiger partial charge in [0.2, 0.25) is 0 Å². The highest BCUT2D eigenvalue weighted by Crippen LogP contribution is 2.34. The van der Waals surface area contributed by atoms with Crippen molar-refractivity contribution in [3.8, 4) is 11.5 Å². The van der Waals surface area contributed by atoms with Crippen LogP contribution in [0.5, 0.6) is 11.5 Å². The zero-order valence-corrected chi connectivity index (χ0v) is 18.6. The van der Waals surface area contributed by atoms with Crippen LogP contribution in [0.25, 0.3) is 21.5 Å². The van der Waals surface area contributed by atoms with Gasteiger partial charge in [-0.3, -0.25) is 0 Å². The molecule has 160 valence electrons. The van der Waals surface area contributed by atoms with Gasteiger partial charge in [-0.15, -0.1) is 0 Å². The van der Waals surface area contributed by atoms with E-state index in [9.17, 15) is 9.50 Å². The van der Waals surface area contributed by atoms with Crippen LogP contribution in [0, 0.1) is 12.7 Å². The Balaban J connectivity index is 1.64. The molecule has 0 radical (unpaired) electrons. The van der Waals surface area contributed by atoms with Gasteiger partial charge in [0.25, 0.3) is 0 Å². The molecule has 1 N–H and O–H groups in total. The van der Waals surface area contributed by atoms with E-state index in [1.165, 1.54) is 28.0 Å². The van der Waals surface area contributed by atoms with Crippen molar-refractivity contribution >= 4 is 21.5 Å². The number of phenolic OH excluding ortho intramolecular Hbond substituents is 1. The number of hydrogen-bond acceptors (Lipinski definition) is 2. The molecule has 4 aromatic carbocycles. The molecule has 0 spiro atoms. The third-order valence-corrected chi connectivity index (χ3v) is 6.04. The van der Waals surface area contributed by atoms with E-state index in [-0.39, 0.29) is 17.5 Å². The fraction of sp³-hybridized carbons (Fsp3) is 0.286. The highest BCUT2D eigenvalue weighted by Gasteiger charge is 2.15. The molecule has 0 saturated heterocycles. The van der Waals surface area contributed by atoms with Crippen molar-refractivity contribution in [2.75, 3.05) is 6.61 Å². The standard InChI is InChI=1S/C28H29FO2/c1-5-19-7-6-8-20-15-23(13-18(4)27(19)20)31-12-11-24-26(29)10-9-21-14-22(30)16-25(17(2)3)28(21)24/h6-10,13-17,30H,5,11-12H2,1-4H3. The number of rotatable bonds is 6. The van der Waals surface area contributed by atoms with Gasteiger partial charge in [0.05, 0.1) is 6.61 Å². The molecule has 4 rings (SSSR count). The predicted molar refractivity (Wildman–Crippen MR) is 127 cm³/mol. The fourth-order valence-electron chi connectivity index (χ4n) is 4.58. The summed E-state index contributed by atoms with van der Waals surface area (Å²) in [6, 6.07) is 17.2. The summed E-state index contributed by atoms with van der Waals surface area (Å²) in [6.45, 7) is 8.78. The van der Waals surface area contributed by atoms with Crippen molar-refractivity contribution in [1.82, 2.24) is 0 Å². The second-order valence-electron chi connectivity index (χ2n) is 8.52. The Hall–Kier alpha value is -3.07. The number of benzene rings is 4. The summed E-state index contributed by atoms with van der Waals surface area (Å²) in [5.41, 5.74) is 4.13. The molecule has 0 atom stereocenters. The Morgan fingerprint density at radius 2 is 1.74 bits per heavy atom. The van der Waals surface area contributed by atoms with Gasteiger partial charge >= 0.3 is 0 Å². The Morgan fingerprint density at radius 3 is 2.48 bits per heavy atom. The number of aryl methyl sites for hydroxylation is 2. The van der Waals surface area contributed by atoms with E-state index >= 15 is 0 Å². The number of phenols is 1. The van der Waals surface area contributed by atoms with Crippen LogP contribution in [-0.2, 0) is 12.8 Å². The first kappa shape index (κ1) is 21.2. The minimum Gasteiger partial charge on any atom is -0.508 e. The van der Waals surface area contributed by atoms with Crippen molar-refractivity contribution in [2.24, 2.45) is 0 Å². The summed E-state index contributed by atoms with van der Waals surface area (Å²) in [6.07, 6.45) is 1.45. The van der Waals surface area contributed by atoms with E-state index in [2.05, 4.69) is 58.0 Å². The molecular formula is C28H29FO2. The van der Waals surface area contributed by atoms with Crippen molar-refractivity contribution in [2.45, 2.75) is 46.5 Å². The molecule has 3 heteroatoms. The van der Waals surface area contributed by atoms with Crippen molar-refractivity contribution in [3.63, 3.8) is 0 Å². The van der Waals surface area contributed by atoms with Gasteiger partial charge in [-0.1, -0.05) is 45.0 Å². The quantitative estimate of drug-likeness (QED) is 0.354. The number of ether oxygens (including phenoxy) is 1. The van der Waals surface area contributed by atoms with Gasteiger partial charge in [0.1, 0.15) is 17.3 Å². The zero-order chi connectivity index (χ0) is 22.1. The van der Waals surface area contributed by atoms with Gasteiger partial charge < -0.3 is 9.84 Å². The van der Waals surface area contributed by atoms with Crippen LogP contribution < -0.4 is 4.74 Å². The molecule has 0 aromatic heterocycles. The molecule has 0 heterocycles. The minimum atomic E-state index is -0.231. The summed E-state index contributed by atoms with van der Waals surface area (Å²) >= 11 is 0. The first-order chi connectivity index (χ1) is 14.9. The fourth-order valence-corrected chi connectivity index (χ4v) is 4.58. The molecular weight excluding hydrogens is 387 g/mol. The van der Waals surface area contributed by atoms with Crippen LogP contribution in [-0.4, -0.2) is 11.7 Å². The summed E-state index contributed by atoms with van der Waals surface area (Å²) in [5, 5.41) is 14.3. The zero-order valence-electron chi connectivity index (χ0n) is 18.6. The van der Waals surface area contributed by atoms with E-state index in [1.54, 1.807) is 18.2 Å². The summed E-state index contributed by atoms with van der Waals surface area (Å²) in [7, 11) is 0. The van der Waals surface area contributed by atoms with Crippen molar-refractivity contribution in [3.05, 3.63) is 82.7 Å². The van der Waals surface area contributed by atoms with Gasteiger partial charge in [-0.2, -0.15) is 0 Å². The normalized spacial score (nSPS) is 11.5. The topological polar surface area (TPSA) is 29.5 Å². The molecule has 0 amide bonds.